The lowest BCUT2D eigenvalue weighted by atomic mass is 9.81. The first-order chi connectivity index (χ1) is 34.3. The van der Waals surface area contributed by atoms with Gasteiger partial charge in [-0.1, -0.05) is 12.5 Å². The molecule has 5 aliphatic rings. The number of amides is 3. The third-order valence-corrected chi connectivity index (χ3v) is 15.6. The lowest BCUT2D eigenvalue weighted by Crippen LogP contribution is -2.53. The van der Waals surface area contributed by atoms with E-state index in [-0.39, 0.29) is 88.9 Å². The highest BCUT2D eigenvalue weighted by Gasteiger charge is 2.43. The number of ether oxygens (including phenoxy) is 1. The van der Waals surface area contributed by atoms with Crippen LogP contribution in [0.15, 0.2) is 30.4 Å². The Morgan fingerprint density at radius 2 is 1.47 bits per heavy atom. The van der Waals surface area contributed by atoms with E-state index in [0.717, 1.165) is 7.05 Å². The predicted molar refractivity (Wildman–Crippen MR) is 256 cm³/mol. The van der Waals surface area contributed by atoms with Crippen molar-refractivity contribution in [3.63, 3.8) is 0 Å². The summed E-state index contributed by atoms with van der Waals surface area (Å²) in [6.07, 6.45) is 4.30. The van der Waals surface area contributed by atoms with E-state index in [1.54, 1.807) is 33.8 Å². The molecular formula is C48H50F4N4O15S3. The van der Waals surface area contributed by atoms with Crippen LogP contribution in [0.2, 0.25) is 0 Å². The van der Waals surface area contributed by atoms with Crippen molar-refractivity contribution in [2.75, 3.05) is 48.8 Å². The summed E-state index contributed by atoms with van der Waals surface area (Å²) in [7, 11) is -13.7. The maximum Gasteiger partial charge on any atom is 0.333 e. The summed E-state index contributed by atoms with van der Waals surface area (Å²) in [5, 5.41) is 0.601. The number of carbonyl (C=O) groups is 4. The third kappa shape index (κ3) is 10.5. The van der Waals surface area contributed by atoms with Crippen LogP contribution < -0.4 is 24.8 Å². The number of hydrogen-bond donors (Lipinski definition) is 2. The van der Waals surface area contributed by atoms with Gasteiger partial charge in [0.1, 0.15) is 23.8 Å². The molecule has 1 saturated heterocycles. The molecule has 26 heteroatoms. The molecule has 8 rings (SSSR count). The molecule has 0 atom stereocenters. The Morgan fingerprint density at radius 1 is 0.824 bits per heavy atom. The van der Waals surface area contributed by atoms with Crippen molar-refractivity contribution in [3.05, 3.63) is 97.6 Å². The van der Waals surface area contributed by atoms with E-state index in [2.05, 4.69) is 0 Å². The minimum Gasteiger partial charge on any atom is -0.748 e. The number of benzene rings is 3. The Kier molecular flexibility index (Phi) is 14.1. The predicted octanol–water partition coefficient (Wildman–Crippen LogP) is 3.75. The van der Waals surface area contributed by atoms with E-state index >= 15 is 17.6 Å². The summed E-state index contributed by atoms with van der Waals surface area (Å²) >= 11 is 0. The van der Waals surface area contributed by atoms with Crippen LogP contribution in [0.3, 0.4) is 0 Å². The molecule has 3 aromatic carbocycles. The number of unbranched alkanes of at least 4 members (excludes halogenated alkanes) is 2. The molecule has 0 spiro atoms. The zero-order valence-electron chi connectivity index (χ0n) is 40.5. The molecule has 3 aromatic rings. The van der Waals surface area contributed by atoms with Crippen LogP contribution in [-0.2, 0) is 56.0 Å². The van der Waals surface area contributed by atoms with Crippen LogP contribution in [0.5, 0.6) is 11.5 Å². The fraction of sp³-hybridized carbons (Fsp3) is 0.438. The summed E-state index contributed by atoms with van der Waals surface area (Å²) < 4.78 is 180. The Hall–Kier alpha value is -6.06. The van der Waals surface area contributed by atoms with Gasteiger partial charge in [0.2, 0.25) is 5.36 Å². The molecular weight excluding hydrogens is 1040 g/mol. The number of carbonyl (C=O) groups excluding carboxylic acids is 4. The van der Waals surface area contributed by atoms with Crippen molar-refractivity contribution < 1.29 is 85.2 Å². The van der Waals surface area contributed by atoms with Crippen molar-refractivity contribution in [1.82, 2.24) is 14.5 Å². The van der Waals surface area contributed by atoms with Crippen LogP contribution in [0, 0.1) is 23.3 Å². The van der Waals surface area contributed by atoms with E-state index in [1.807, 2.05) is 9.48 Å². The summed E-state index contributed by atoms with van der Waals surface area (Å²) in [5.41, 5.74) is -4.83. The van der Waals surface area contributed by atoms with Gasteiger partial charge in [-0.25, -0.2) is 35.3 Å². The lowest BCUT2D eigenvalue weighted by molar-refractivity contribution is -0.197. The van der Waals surface area contributed by atoms with Gasteiger partial charge in [0.05, 0.1) is 43.9 Å². The smallest absolute Gasteiger partial charge is 0.333 e. The molecule has 0 unspecified atom stereocenters. The number of imide groups is 1. The van der Waals surface area contributed by atoms with Crippen LogP contribution in [-0.4, -0.2) is 128 Å². The van der Waals surface area contributed by atoms with E-state index in [4.69, 9.17) is 9.57 Å². The molecule has 5 aliphatic heterocycles. The number of nitrogens with zero attached hydrogens (tertiary/aromatic N) is 4. The zero-order valence-corrected chi connectivity index (χ0v) is 43.0. The van der Waals surface area contributed by atoms with Gasteiger partial charge in [0.25, 0.3) is 38.0 Å². The number of fused-ring (bicyclic) bond motifs is 4. The minimum atomic E-state index is -5.02. The van der Waals surface area contributed by atoms with E-state index < -0.39 is 129 Å². The quantitative estimate of drug-likeness (QED) is 0.0308. The maximum atomic E-state index is 17.2. The SMILES string of the molecule is CN(CCS(=O)(=O)O)C(=O)c1c(F)c(F)c(F)c(F)c1C1=c2cc3c4c(c2Oc2cc5c(cc21)C(CS(=O)(=O)O)=CC(C)(C)N5CCCCCC(=O)ON1C(=O)CCC1=O)CCC[N+]=4C(C)(C)C=C3CS(=O)(=O)[O-]. The summed E-state index contributed by atoms with van der Waals surface area (Å²) in [4.78, 5) is 58.1. The van der Waals surface area contributed by atoms with Crippen LogP contribution in [0.4, 0.5) is 23.2 Å². The van der Waals surface area contributed by atoms with E-state index in [1.165, 1.54) is 24.3 Å². The highest BCUT2D eigenvalue weighted by Crippen LogP contribution is 2.49. The van der Waals surface area contributed by atoms with Crippen molar-refractivity contribution in [3.8, 4) is 11.5 Å². The largest absolute Gasteiger partial charge is 0.748 e. The minimum absolute atomic E-state index is 0.0131. The van der Waals surface area contributed by atoms with Gasteiger partial charge in [-0.2, -0.15) is 16.8 Å². The van der Waals surface area contributed by atoms with Gasteiger partial charge in [-0.3, -0.25) is 23.5 Å². The monoisotopic (exact) mass is 1090 g/mol. The van der Waals surface area contributed by atoms with Gasteiger partial charge in [-0.05, 0) is 62.5 Å². The molecule has 5 heterocycles. The average Bonchev–Trinajstić information content (AvgIpc) is 3.60. The van der Waals surface area contributed by atoms with Gasteiger partial charge < -0.3 is 23.9 Å². The van der Waals surface area contributed by atoms with Gasteiger partial charge in [-0.15, -0.1) is 5.06 Å². The molecule has 0 aliphatic carbocycles. The number of rotatable bonds is 16. The topological polar surface area (TPSA) is 265 Å². The second-order valence-electron chi connectivity index (χ2n) is 19.8. The van der Waals surface area contributed by atoms with Crippen molar-refractivity contribution in [2.45, 2.75) is 90.1 Å². The summed E-state index contributed by atoms with van der Waals surface area (Å²) in [5.74, 6) is -16.3. The zero-order chi connectivity index (χ0) is 54.4. The number of hydrogen-bond acceptors (Lipinski definition) is 14. The van der Waals surface area contributed by atoms with Crippen molar-refractivity contribution in [2.24, 2.45) is 0 Å². The van der Waals surface area contributed by atoms with E-state index in [0.29, 0.717) is 46.7 Å². The van der Waals surface area contributed by atoms with Crippen LogP contribution in [0.1, 0.15) is 111 Å². The molecule has 0 radical (unpaired) electrons. The van der Waals surface area contributed by atoms with Crippen LogP contribution in [0.25, 0.3) is 16.7 Å². The second-order valence-corrected chi connectivity index (χ2v) is 24.3. The summed E-state index contributed by atoms with van der Waals surface area (Å²) in [6.45, 7) is 6.72. The highest BCUT2D eigenvalue weighted by molar-refractivity contribution is 7.86. The van der Waals surface area contributed by atoms with Crippen LogP contribution >= 0.6 is 0 Å². The standard InChI is InChI=1S/C48H50F4N4O15S3/c1-47(2)21-25(23-73(64,65)66)28-18-30-33(20-32(28)54(47)14-8-6-7-11-36(59)71-56-34(57)12-13-35(56)58)70-45-27-10-9-15-55-44(27)29(26(22-48(55,3)4)24-74(67,68)69)19-31(45)37(30)38-39(41(50)43(52)42(51)40(38)49)46(60)53(5)16-17-72(61,62)63/h18-22H,6-17,23-24H2,1-5H3,(H2-,61,62,63,64,65,66,67,68,69). The van der Waals surface area contributed by atoms with Crippen molar-refractivity contribution >= 4 is 76.5 Å². The molecule has 398 valence electrons. The fourth-order valence-electron chi connectivity index (χ4n) is 10.4. The first kappa shape index (κ1) is 54.2. The molecule has 74 heavy (non-hydrogen) atoms. The Morgan fingerprint density at radius 3 is 2.11 bits per heavy atom. The Bertz CT molecular complexity index is 3550. The molecule has 0 saturated carbocycles. The highest BCUT2D eigenvalue weighted by atomic mass is 32.2. The molecule has 19 nitrogen and oxygen atoms in total. The molecule has 2 N–H and O–H groups in total. The lowest BCUT2D eigenvalue weighted by Gasteiger charge is -2.44. The first-order valence-corrected chi connectivity index (χ1v) is 28.0. The maximum absolute atomic E-state index is 17.2. The normalized spacial score (nSPS) is 17.7. The Labute approximate surface area is 422 Å². The second kappa shape index (κ2) is 19.3. The van der Waals surface area contributed by atoms with Gasteiger partial charge >= 0.3 is 5.97 Å². The van der Waals surface area contributed by atoms with E-state index in [9.17, 15) is 58.1 Å². The molecule has 0 bridgehead atoms. The molecule has 3 amide bonds. The van der Waals surface area contributed by atoms with Crippen molar-refractivity contribution in [1.29, 1.82) is 0 Å². The summed E-state index contributed by atoms with van der Waals surface area (Å²) in [6, 6.07) is 3.97. The number of halogens is 4. The molecule has 0 aromatic heterocycles. The number of hydroxylamine groups is 2. The average molecular weight is 1100 g/mol. The fourth-order valence-corrected chi connectivity index (χ4v) is 12.2. The first-order valence-electron chi connectivity index (χ1n) is 23.2. The van der Waals surface area contributed by atoms with Gasteiger partial charge in [0, 0.05) is 98.9 Å². The molecule has 1 fully saturated rings. The number of anilines is 1. The van der Waals surface area contributed by atoms with Gasteiger partial charge in [0.15, 0.2) is 28.8 Å². The third-order valence-electron chi connectivity index (χ3n) is 13.6. The Balaban J connectivity index is 1.38.